The van der Waals surface area contributed by atoms with Gasteiger partial charge in [-0.15, -0.1) is 0 Å². The molecule has 2 aromatic rings. The molecular weight excluding hydrogens is 358 g/mol. The molecule has 0 unspecified atom stereocenters. The Morgan fingerprint density at radius 3 is 2.48 bits per heavy atom. The molecule has 2 aromatic carbocycles. The minimum atomic E-state index is -0.372. The molecule has 4 nitrogen and oxygen atoms in total. The Morgan fingerprint density at radius 2 is 1.83 bits per heavy atom. The largest absolute Gasteiger partial charge is 0.469 e. The molecule has 0 atom stereocenters. The van der Waals surface area contributed by atoms with Crippen molar-refractivity contribution in [3.63, 3.8) is 0 Å². The van der Waals surface area contributed by atoms with Gasteiger partial charge in [-0.1, -0.05) is 46.3 Å². The van der Waals surface area contributed by atoms with E-state index < -0.39 is 0 Å². The lowest BCUT2D eigenvalue weighted by Gasteiger charge is -2.19. The molecule has 1 amide bonds. The number of hydrogen-bond donors (Lipinski definition) is 0. The van der Waals surface area contributed by atoms with Crippen molar-refractivity contribution in [2.75, 3.05) is 14.2 Å². The van der Waals surface area contributed by atoms with Crippen LogP contribution >= 0.6 is 15.9 Å². The average Bonchev–Trinajstić information content (AvgIpc) is 2.55. The third kappa shape index (κ3) is 4.66. The Balaban J connectivity index is 2.22. The first-order valence-corrected chi connectivity index (χ1v) is 7.95. The van der Waals surface area contributed by atoms with Gasteiger partial charge < -0.3 is 9.64 Å². The van der Waals surface area contributed by atoms with Crippen molar-refractivity contribution >= 4 is 27.8 Å². The summed E-state index contributed by atoms with van der Waals surface area (Å²) in [6.07, 6.45) is 0.0657. The zero-order valence-electron chi connectivity index (χ0n) is 13.1. The lowest BCUT2D eigenvalue weighted by molar-refractivity contribution is -0.139. The number of carbonyl (C=O) groups is 2. The maximum Gasteiger partial charge on any atom is 0.310 e. The Morgan fingerprint density at radius 1 is 1.13 bits per heavy atom. The van der Waals surface area contributed by atoms with Gasteiger partial charge in [0.1, 0.15) is 0 Å². The third-order valence-electron chi connectivity index (χ3n) is 3.47. The van der Waals surface area contributed by atoms with Crippen LogP contribution in [-0.4, -0.2) is 30.9 Å². The van der Waals surface area contributed by atoms with Gasteiger partial charge in [-0.2, -0.15) is 0 Å². The van der Waals surface area contributed by atoms with Crippen LogP contribution in [0.5, 0.6) is 0 Å². The molecule has 0 spiro atoms. The van der Waals surface area contributed by atoms with Crippen LogP contribution in [0, 0.1) is 0 Å². The first-order chi connectivity index (χ1) is 11.0. The molecule has 0 aliphatic heterocycles. The van der Waals surface area contributed by atoms with Crippen LogP contribution in [0.2, 0.25) is 0 Å². The van der Waals surface area contributed by atoms with E-state index in [0.717, 1.165) is 10.0 Å². The Hall–Kier alpha value is -2.14. The topological polar surface area (TPSA) is 46.6 Å². The van der Waals surface area contributed by atoms with E-state index in [4.69, 9.17) is 4.74 Å². The van der Waals surface area contributed by atoms with E-state index >= 15 is 0 Å². The smallest absolute Gasteiger partial charge is 0.310 e. The van der Waals surface area contributed by atoms with Gasteiger partial charge in [-0.05, 0) is 29.3 Å². The van der Waals surface area contributed by atoms with E-state index in [0.29, 0.717) is 17.7 Å². The van der Waals surface area contributed by atoms with E-state index in [-0.39, 0.29) is 18.3 Å². The van der Waals surface area contributed by atoms with Gasteiger partial charge in [0.25, 0.3) is 5.91 Å². The number of nitrogens with zero attached hydrogens (tertiary/aromatic N) is 1. The lowest BCUT2D eigenvalue weighted by atomic mass is 10.0. The van der Waals surface area contributed by atoms with E-state index in [1.165, 1.54) is 7.11 Å². The molecule has 0 aliphatic carbocycles. The van der Waals surface area contributed by atoms with Gasteiger partial charge in [-0.25, -0.2) is 0 Å². The molecule has 23 heavy (non-hydrogen) atoms. The second kappa shape index (κ2) is 7.92. The predicted molar refractivity (Wildman–Crippen MR) is 92.1 cm³/mol. The highest BCUT2D eigenvalue weighted by Gasteiger charge is 2.18. The second-order valence-corrected chi connectivity index (χ2v) is 6.12. The summed E-state index contributed by atoms with van der Waals surface area (Å²) in [6.45, 7) is 0.507. The summed E-state index contributed by atoms with van der Waals surface area (Å²) in [4.78, 5) is 25.9. The number of ether oxygens (including phenoxy) is 1. The third-order valence-corrected chi connectivity index (χ3v) is 3.96. The highest BCUT2D eigenvalue weighted by Crippen LogP contribution is 2.20. The molecule has 0 heterocycles. The molecule has 0 saturated heterocycles. The van der Waals surface area contributed by atoms with E-state index in [1.807, 2.05) is 30.3 Å². The second-order valence-electron chi connectivity index (χ2n) is 5.20. The van der Waals surface area contributed by atoms with Crippen molar-refractivity contribution in [1.29, 1.82) is 0 Å². The highest BCUT2D eigenvalue weighted by atomic mass is 79.9. The van der Waals surface area contributed by atoms with Crippen molar-refractivity contribution < 1.29 is 14.3 Å². The maximum atomic E-state index is 12.7. The molecule has 0 saturated carbocycles. The first kappa shape index (κ1) is 17.2. The van der Waals surface area contributed by atoms with E-state index in [1.54, 1.807) is 30.1 Å². The van der Waals surface area contributed by atoms with Crippen LogP contribution in [0.25, 0.3) is 0 Å². The fraction of sp³-hybridized carbons (Fsp3) is 0.222. The van der Waals surface area contributed by atoms with Crippen LogP contribution in [0.1, 0.15) is 21.5 Å². The fourth-order valence-corrected chi connectivity index (χ4v) is 2.69. The number of amides is 1. The molecule has 0 N–H and O–H groups in total. The van der Waals surface area contributed by atoms with Gasteiger partial charge >= 0.3 is 5.97 Å². The average molecular weight is 376 g/mol. The summed E-state index contributed by atoms with van der Waals surface area (Å²) in [5.41, 5.74) is 2.21. The molecule has 0 fully saturated rings. The summed E-state index contributed by atoms with van der Waals surface area (Å²) in [5.74, 6) is -0.497. The summed E-state index contributed by atoms with van der Waals surface area (Å²) >= 11 is 3.37. The van der Waals surface area contributed by atoms with Gasteiger partial charge in [0.05, 0.1) is 13.5 Å². The SMILES string of the molecule is COC(=O)Cc1cc(Br)ccc1C(=O)N(C)Cc1ccccc1. The fourth-order valence-electron chi connectivity index (χ4n) is 2.28. The number of benzene rings is 2. The molecule has 0 aliphatic rings. The van der Waals surface area contributed by atoms with Crippen molar-refractivity contribution in [2.24, 2.45) is 0 Å². The Kier molecular flexibility index (Phi) is 5.93. The highest BCUT2D eigenvalue weighted by molar-refractivity contribution is 9.10. The zero-order chi connectivity index (χ0) is 16.8. The number of rotatable bonds is 5. The van der Waals surface area contributed by atoms with Crippen molar-refractivity contribution in [3.05, 3.63) is 69.7 Å². The lowest BCUT2D eigenvalue weighted by Crippen LogP contribution is -2.27. The molecule has 5 heteroatoms. The van der Waals surface area contributed by atoms with E-state index in [2.05, 4.69) is 15.9 Å². The van der Waals surface area contributed by atoms with Crippen molar-refractivity contribution in [2.45, 2.75) is 13.0 Å². The summed E-state index contributed by atoms with van der Waals surface area (Å²) < 4.78 is 5.52. The minimum Gasteiger partial charge on any atom is -0.469 e. The summed E-state index contributed by atoms with van der Waals surface area (Å²) in [5, 5.41) is 0. The Bertz CT molecular complexity index is 701. The van der Waals surface area contributed by atoms with Gasteiger partial charge in [0, 0.05) is 23.6 Å². The number of methoxy groups -OCH3 is 1. The standard InChI is InChI=1S/C18H18BrNO3/c1-20(12-13-6-4-3-5-7-13)18(22)16-9-8-15(19)10-14(16)11-17(21)23-2/h3-10H,11-12H2,1-2H3. The van der Waals surface area contributed by atoms with Crippen molar-refractivity contribution in [1.82, 2.24) is 4.90 Å². The van der Waals surface area contributed by atoms with Gasteiger partial charge in [0.2, 0.25) is 0 Å². The van der Waals surface area contributed by atoms with Crippen LogP contribution in [0.3, 0.4) is 0 Å². The van der Waals surface area contributed by atoms with Crippen molar-refractivity contribution in [3.8, 4) is 0 Å². The number of hydrogen-bond acceptors (Lipinski definition) is 3. The molecule has 0 bridgehead atoms. The number of carbonyl (C=O) groups excluding carboxylic acids is 2. The normalized spacial score (nSPS) is 10.2. The number of halogens is 1. The minimum absolute atomic E-state index is 0.0657. The van der Waals surface area contributed by atoms with Crippen LogP contribution in [0.15, 0.2) is 53.0 Å². The monoisotopic (exact) mass is 375 g/mol. The van der Waals surface area contributed by atoms with E-state index in [9.17, 15) is 9.59 Å². The molecule has 120 valence electrons. The first-order valence-electron chi connectivity index (χ1n) is 7.16. The van der Waals surface area contributed by atoms with Crippen LogP contribution < -0.4 is 0 Å². The molecule has 0 aromatic heterocycles. The van der Waals surface area contributed by atoms with Crippen LogP contribution in [0.4, 0.5) is 0 Å². The Labute approximate surface area is 144 Å². The molecule has 0 radical (unpaired) electrons. The predicted octanol–water partition coefficient (Wildman–Crippen LogP) is 3.44. The number of esters is 1. The van der Waals surface area contributed by atoms with Crippen LogP contribution in [-0.2, 0) is 22.5 Å². The quantitative estimate of drug-likeness (QED) is 0.752. The summed E-state index contributed by atoms with van der Waals surface area (Å²) in [7, 11) is 3.09. The maximum absolute atomic E-state index is 12.7. The van der Waals surface area contributed by atoms with Gasteiger partial charge in [-0.3, -0.25) is 9.59 Å². The molecular formula is C18H18BrNO3. The summed E-state index contributed by atoms with van der Waals surface area (Å²) in [6, 6.07) is 15.1. The van der Waals surface area contributed by atoms with Gasteiger partial charge in [0.15, 0.2) is 0 Å². The molecule has 2 rings (SSSR count). The zero-order valence-corrected chi connectivity index (χ0v) is 14.7.